The zero-order valence-corrected chi connectivity index (χ0v) is 15.3. The summed E-state index contributed by atoms with van der Waals surface area (Å²) >= 11 is 9.12. The van der Waals surface area contributed by atoms with E-state index in [-0.39, 0.29) is 5.78 Å². The Kier molecular flexibility index (Phi) is 7.03. The van der Waals surface area contributed by atoms with Crippen molar-refractivity contribution in [2.75, 3.05) is 12.5 Å². The maximum absolute atomic E-state index is 12.8. The van der Waals surface area contributed by atoms with Crippen molar-refractivity contribution >= 4 is 52.6 Å². The molecule has 2 aromatic carbocycles. The van der Waals surface area contributed by atoms with Gasteiger partial charge in [0.1, 0.15) is 0 Å². The largest absolute Gasteiger partial charge is 0.289 e. The summed E-state index contributed by atoms with van der Waals surface area (Å²) in [5.74, 6) is -0.00474. The normalized spacial score (nSPS) is 10.7. The maximum atomic E-state index is 12.8. The molecule has 0 bridgehead atoms. The Bertz CT molecular complexity index is 713. The van der Waals surface area contributed by atoms with Crippen LogP contribution in [0.3, 0.4) is 0 Å². The second-order valence-corrected chi connectivity index (χ2v) is 7.01. The number of rotatable bonds is 6. The third kappa shape index (κ3) is 5.03. The second kappa shape index (κ2) is 9.02. The molecule has 0 saturated heterocycles. The van der Waals surface area contributed by atoms with Crippen molar-refractivity contribution < 1.29 is 4.79 Å². The van der Waals surface area contributed by atoms with Gasteiger partial charge in [-0.3, -0.25) is 4.79 Å². The van der Waals surface area contributed by atoms with Crippen molar-refractivity contribution in [3.63, 3.8) is 0 Å². The number of hydrogen-bond acceptors (Lipinski definition) is 3. The standard InChI is InChI=1S/C19H17ClOS2/c1-22-19(23-2)18(15-9-11-16(20)12-10-15)17(21)13-8-14-6-4-3-5-7-14/h3-13H,1-2H3/b13-8+. The van der Waals surface area contributed by atoms with E-state index < -0.39 is 0 Å². The smallest absolute Gasteiger partial charge is 0.188 e. The fourth-order valence-corrected chi connectivity index (χ4v) is 3.72. The molecule has 2 rings (SSSR count). The lowest BCUT2D eigenvalue weighted by Crippen LogP contribution is -2.00. The second-order valence-electron chi connectivity index (χ2n) is 4.69. The molecule has 0 atom stereocenters. The lowest BCUT2D eigenvalue weighted by molar-refractivity contribution is -0.109. The zero-order valence-electron chi connectivity index (χ0n) is 13.0. The van der Waals surface area contributed by atoms with Crippen LogP contribution in [0.1, 0.15) is 11.1 Å². The Hall–Kier alpha value is -1.42. The number of hydrogen-bond donors (Lipinski definition) is 0. The lowest BCUT2D eigenvalue weighted by Gasteiger charge is -2.10. The van der Waals surface area contributed by atoms with E-state index in [1.807, 2.05) is 73.2 Å². The van der Waals surface area contributed by atoms with Gasteiger partial charge in [0.25, 0.3) is 0 Å². The van der Waals surface area contributed by atoms with Crippen LogP contribution < -0.4 is 0 Å². The first kappa shape index (κ1) is 17.9. The first-order valence-corrected chi connectivity index (χ1v) is 9.84. The minimum Gasteiger partial charge on any atom is -0.289 e. The lowest BCUT2D eigenvalue weighted by atomic mass is 10.0. The number of benzene rings is 2. The third-order valence-corrected chi connectivity index (χ3v) is 5.58. The van der Waals surface area contributed by atoms with E-state index >= 15 is 0 Å². The Balaban J connectivity index is 2.38. The highest BCUT2D eigenvalue weighted by atomic mass is 35.5. The predicted molar refractivity (Wildman–Crippen MR) is 106 cm³/mol. The van der Waals surface area contributed by atoms with E-state index in [1.54, 1.807) is 29.6 Å². The van der Waals surface area contributed by atoms with Gasteiger partial charge in [-0.2, -0.15) is 0 Å². The first-order valence-electron chi connectivity index (χ1n) is 7.01. The van der Waals surface area contributed by atoms with Gasteiger partial charge in [-0.05, 0) is 41.8 Å². The van der Waals surface area contributed by atoms with Gasteiger partial charge in [-0.15, -0.1) is 23.5 Å². The minimum absolute atomic E-state index is 0.00474. The molecule has 0 aromatic heterocycles. The van der Waals surface area contributed by atoms with E-state index in [2.05, 4.69) is 0 Å². The molecule has 118 valence electrons. The minimum atomic E-state index is -0.00474. The highest BCUT2D eigenvalue weighted by Crippen LogP contribution is 2.34. The average Bonchev–Trinajstić information content (AvgIpc) is 2.59. The van der Waals surface area contributed by atoms with Crippen molar-refractivity contribution in [2.45, 2.75) is 0 Å². The summed E-state index contributed by atoms with van der Waals surface area (Å²) in [6.07, 6.45) is 7.44. The molecule has 2 aromatic rings. The van der Waals surface area contributed by atoms with Crippen molar-refractivity contribution in [1.29, 1.82) is 0 Å². The van der Waals surface area contributed by atoms with Crippen LogP contribution in [-0.4, -0.2) is 18.3 Å². The summed E-state index contributed by atoms with van der Waals surface area (Å²) in [5, 5.41) is 0.662. The topological polar surface area (TPSA) is 17.1 Å². The Morgan fingerprint density at radius 3 is 2.13 bits per heavy atom. The van der Waals surface area contributed by atoms with Crippen molar-refractivity contribution in [2.24, 2.45) is 0 Å². The van der Waals surface area contributed by atoms with Crippen LogP contribution in [0.2, 0.25) is 5.02 Å². The van der Waals surface area contributed by atoms with E-state index in [0.717, 1.165) is 15.4 Å². The van der Waals surface area contributed by atoms with Gasteiger partial charge < -0.3 is 0 Å². The summed E-state index contributed by atoms with van der Waals surface area (Å²) < 4.78 is 0.995. The van der Waals surface area contributed by atoms with Gasteiger partial charge in [0, 0.05) is 10.6 Å². The van der Waals surface area contributed by atoms with Crippen LogP contribution in [0, 0.1) is 0 Å². The number of carbonyl (C=O) groups excluding carboxylic acids is 1. The summed E-state index contributed by atoms with van der Waals surface area (Å²) in [5.41, 5.74) is 2.61. The van der Waals surface area contributed by atoms with Crippen LogP contribution in [0.5, 0.6) is 0 Å². The quantitative estimate of drug-likeness (QED) is 0.586. The molecule has 0 aliphatic rings. The zero-order chi connectivity index (χ0) is 16.7. The van der Waals surface area contributed by atoms with E-state index in [4.69, 9.17) is 11.6 Å². The molecular weight excluding hydrogens is 344 g/mol. The number of thioether (sulfide) groups is 2. The predicted octanol–water partition coefficient (Wildman–Crippen LogP) is 6.02. The van der Waals surface area contributed by atoms with Gasteiger partial charge in [-0.1, -0.05) is 60.1 Å². The molecule has 1 nitrogen and oxygen atoms in total. The van der Waals surface area contributed by atoms with Crippen molar-refractivity contribution in [3.8, 4) is 0 Å². The van der Waals surface area contributed by atoms with Crippen LogP contribution in [-0.2, 0) is 4.79 Å². The molecule has 0 aliphatic carbocycles. The molecule has 0 amide bonds. The average molecular weight is 361 g/mol. The number of allylic oxidation sites excluding steroid dienone is 2. The number of ketones is 1. The molecule has 4 heteroatoms. The maximum Gasteiger partial charge on any atom is 0.188 e. The molecule has 0 N–H and O–H groups in total. The molecule has 23 heavy (non-hydrogen) atoms. The third-order valence-electron chi connectivity index (χ3n) is 3.18. The molecule has 0 heterocycles. The summed E-state index contributed by atoms with van der Waals surface area (Å²) in [4.78, 5) is 12.8. The van der Waals surface area contributed by atoms with Crippen LogP contribution in [0.25, 0.3) is 11.6 Å². The van der Waals surface area contributed by atoms with Gasteiger partial charge in [0.2, 0.25) is 0 Å². The van der Waals surface area contributed by atoms with Crippen LogP contribution >= 0.6 is 35.1 Å². The van der Waals surface area contributed by atoms with Crippen LogP contribution in [0.4, 0.5) is 0 Å². The SMILES string of the molecule is CSC(SC)=C(C(=O)/C=C/c1ccccc1)c1ccc(Cl)cc1. The van der Waals surface area contributed by atoms with Gasteiger partial charge in [0.05, 0.1) is 4.24 Å². The number of halogens is 1. The van der Waals surface area contributed by atoms with E-state index in [0.29, 0.717) is 10.6 Å². The van der Waals surface area contributed by atoms with Gasteiger partial charge in [-0.25, -0.2) is 0 Å². The van der Waals surface area contributed by atoms with Gasteiger partial charge >= 0.3 is 0 Å². The fourth-order valence-electron chi connectivity index (χ4n) is 2.08. The number of carbonyl (C=O) groups is 1. The fraction of sp³-hybridized carbons (Fsp3) is 0.105. The highest BCUT2D eigenvalue weighted by molar-refractivity contribution is 8.22. The highest BCUT2D eigenvalue weighted by Gasteiger charge is 2.15. The molecular formula is C19H17ClOS2. The molecule has 0 radical (unpaired) electrons. The van der Waals surface area contributed by atoms with Crippen molar-refractivity contribution in [1.82, 2.24) is 0 Å². The first-order chi connectivity index (χ1) is 11.2. The van der Waals surface area contributed by atoms with E-state index in [9.17, 15) is 4.79 Å². The molecule has 0 fully saturated rings. The summed E-state index contributed by atoms with van der Waals surface area (Å²) in [6, 6.07) is 17.2. The molecule has 0 unspecified atom stereocenters. The summed E-state index contributed by atoms with van der Waals surface area (Å²) in [6.45, 7) is 0. The molecule has 0 aliphatic heterocycles. The Labute approximate surface area is 150 Å². The van der Waals surface area contributed by atoms with Crippen LogP contribution in [0.15, 0.2) is 64.9 Å². The van der Waals surface area contributed by atoms with E-state index in [1.165, 1.54) is 0 Å². The molecule has 0 saturated carbocycles. The van der Waals surface area contributed by atoms with Gasteiger partial charge in [0.15, 0.2) is 5.78 Å². The Morgan fingerprint density at radius 1 is 0.957 bits per heavy atom. The molecule has 0 spiro atoms. The Morgan fingerprint density at radius 2 is 1.57 bits per heavy atom. The summed E-state index contributed by atoms with van der Waals surface area (Å²) in [7, 11) is 0. The monoisotopic (exact) mass is 360 g/mol. The van der Waals surface area contributed by atoms with Crippen molar-refractivity contribution in [3.05, 3.63) is 81.1 Å².